The molecule has 7 heteroatoms. The van der Waals surface area contributed by atoms with E-state index in [9.17, 15) is 9.18 Å². The van der Waals surface area contributed by atoms with E-state index < -0.39 is 5.91 Å². The van der Waals surface area contributed by atoms with Gasteiger partial charge in [0.05, 0.1) is 10.0 Å². The molecule has 150 valence electrons. The SMILES string of the molecule is CN(CCc1ccc(Oc2ccc(C(N)=O)cn2)cc1)Cc1ccc(F)c(Br)c1. The lowest BCUT2D eigenvalue weighted by Crippen LogP contribution is -2.20. The van der Waals surface area contributed by atoms with Gasteiger partial charge in [0.1, 0.15) is 11.6 Å². The Hall–Kier alpha value is -2.77. The van der Waals surface area contributed by atoms with E-state index in [1.165, 1.54) is 17.8 Å². The first kappa shape index (κ1) is 21.0. The van der Waals surface area contributed by atoms with Gasteiger partial charge in [-0.2, -0.15) is 0 Å². The molecule has 0 spiro atoms. The van der Waals surface area contributed by atoms with Crippen LogP contribution in [-0.2, 0) is 13.0 Å². The van der Waals surface area contributed by atoms with Crippen LogP contribution in [0.3, 0.4) is 0 Å². The first-order chi connectivity index (χ1) is 13.9. The van der Waals surface area contributed by atoms with Crippen molar-refractivity contribution < 1.29 is 13.9 Å². The Labute approximate surface area is 177 Å². The summed E-state index contributed by atoms with van der Waals surface area (Å²) in [6, 6.07) is 16.1. The van der Waals surface area contributed by atoms with Crippen LogP contribution in [0.2, 0.25) is 0 Å². The number of rotatable bonds is 8. The van der Waals surface area contributed by atoms with Crippen molar-refractivity contribution in [1.82, 2.24) is 9.88 Å². The normalized spacial score (nSPS) is 10.9. The van der Waals surface area contributed by atoms with Gasteiger partial charge in [0.25, 0.3) is 0 Å². The quantitative estimate of drug-likeness (QED) is 0.538. The lowest BCUT2D eigenvalue weighted by atomic mass is 10.1. The van der Waals surface area contributed by atoms with Gasteiger partial charge in [0.2, 0.25) is 11.8 Å². The summed E-state index contributed by atoms with van der Waals surface area (Å²) in [7, 11) is 2.04. The van der Waals surface area contributed by atoms with Crippen LogP contribution in [0.25, 0.3) is 0 Å². The van der Waals surface area contributed by atoms with E-state index in [1.807, 2.05) is 37.4 Å². The smallest absolute Gasteiger partial charge is 0.250 e. The maximum atomic E-state index is 13.3. The van der Waals surface area contributed by atoms with Gasteiger partial charge in [-0.15, -0.1) is 0 Å². The van der Waals surface area contributed by atoms with Crippen molar-refractivity contribution in [3.63, 3.8) is 0 Å². The summed E-state index contributed by atoms with van der Waals surface area (Å²) in [5, 5.41) is 0. The Morgan fingerprint density at radius 2 is 1.86 bits per heavy atom. The number of nitrogens with zero attached hydrogens (tertiary/aromatic N) is 2. The third-order valence-electron chi connectivity index (χ3n) is 4.39. The van der Waals surface area contributed by atoms with Crippen molar-refractivity contribution in [2.75, 3.05) is 13.6 Å². The Morgan fingerprint density at radius 3 is 2.48 bits per heavy atom. The fraction of sp³-hybridized carbons (Fsp3) is 0.182. The minimum atomic E-state index is -0.523. The molecular formula is C22H21BrFN3O2. The minimum Gasteiger partial charge on any atom is -0.439 e. The molecule has 1 heterocycles. The minimum absolute atomic E-state index is 0.252. The van der Waals surface area contributed by atoms with Crippen molar-refractivity contribution >= 4 is 21.8 Å². The summed E-state index contributed by atoms with van der Waals surface area (Å²) < 4.78 is 19.5. The van der Waals surface area contributed by atoms with E-state index in [0.717, 1.165) is 25.1 Å². The molecule has 0 saturated carbocycles. The summed E-state index contributed by atoms with van der Waals surface area (Å²) in [6.07, 6.45) is 2.27. The predicted molar refractivity (Wildman–Crippen MR) is 113 cm³/mol. The van der Waals surface area contributed by atoms with Crippen molar-refractivity contribution in [1.29, 1.82) is 0 Å². The van der Waals surface area contributed by atoms with Gasteiger partial charge < -0.3 is 15.4 Å². The van der Waals surface area contributed by atoms with Gasteiger partial charge in [-0.3, -0.25) is 4.79 Å². The maximum absolute atomic E-state index is 13.3. The van der Waals surface area contributed by atoms with Crippen LogP contribution in [0.15, 0.2) is 65.3 Å². The summed E-state index contributed by atoms with van der Waals surface area (Å²) >= 11 is 3.22. The van der Waals surface area contributed by atoms with Crippen LogP contribution in [0.5, 0.6) is 11.6 Å². The van der Waals surface area contributed by atoms with Crippen LogP contribution in [0.4, 0.5) is 4.39 Å². The molecule has 0 unspecified atom stereocenters. The zero-order valence-corrected chi connectivity index (χ0v) is 17.5. The number of benzene rings is 2. The van der Waals surface area contributed by atoms with Crippen LogP contribution in [0.1, 0.15) is 21.5 Å². The molecule has 0 fully saturated rings. The van der Waals surface area contributed by atoms with Gasteiger partial charge >= 0.3 is 0 Å². The third-order valence-corrected chi connectivity index (χ3v) is 4.99. The second-order valence-electron chi connectivity index (χ2n) is 6.73. The number of ether oxygens (including phenoxy) is 1. The van der Waals surface area contributed by atoms with Crippen molar-refractivity contribution in [3.05, 3.63) is 87.8 Å². The molecule has 3 aromatic rings. The molecule has 1 amide bonds. The molecule has 2 N–H and O–H groups in total. The highest BCUT2D eigenvalue weighted by atomic mass is 79.9. The van der Waals surface area contributed by atoms with Crippen molar-refractivity contribution in [2.45, 2.75) is 13.0 Å². The second-order valence-corrected chi connectivity index (χ2v) is 7.59. The molecule has 0 aliphatic heterocycles. The Balaban J connectivity index is 1.50. The fourth-order valence-electron chi connectivity index (χ4n) is 2.78. The van der Waals surface area contributed by atoms with E-state index in [0.29, 0.717) is 21.7 Å². The molecule has 0 bridgehead atoms. The number of aromatic nitrogens is 1. The summed E-state index contributed by atoms with van der Waals surface area (Å²) in [6.45, 7) is 1.61. The van der Waals surface area contributed by atoms with Gasteiger partial charge in [0, 0.05) is 25.4 Å². The highest BCUT2D eigenvalue weighted by molar-refractivity contribution is 9.10. The third kappa shape index (κ3) is 6.10. The standard InChI is InChI=1S/C22H21BrFN3O2/c1-27(14-16-4-8-20(24)19(23)12-16)11-10-15-2-6-18(7-3-15)29-21-9-5-17(13-26-21)22(25)28/h2-9,12-13H,10-11,14H2,1H3,(H2,25,28). The molecule has 0 atom stereocenters. The number of primary amides is 1. The second kappa shape index (κ2) is 9.62. The summed E-state index contributed by atoms with van der Waals surface area (Å²) in [5.74, 6) is 0.286. The number of hydrogen-bond donors (Lipinski definition) is 1. The lowest BCUT2D eigenvalue weighted by molar-refractivity contribution is 0.1000. The van der Waals surface area contributed by atoms with Crippen LogP contribution >= 0.6 is 15.9 Å². The first-order valence-corrected chi connectivity index (χ1v) is 9.85. The fourth-order valence-corrected chi connectivity index (χ4v) is 3.21. The van der Waals surface area contributed by atoms with Crippen LogP contribution < -0.4 is 10.5 Å². The molecule has 29 heavy (non-hydrogen) atoms. The van der Waals surface area contributed by atoms with Gasteiger partial charge in [-0.1, -0.05) is 18.2 Å². The number of pyridine rings is 1. The largest absolute Gasteiger partial charge is 0.439 e. The van der Waals surface area contributed by atoms with Gasteiger partial charge in [-0.05, 0) is 70.9 Å². The average Bonchev–Trinajstić information content (AvgIpc) is 2.71. The number of carbonyl (C=O) groups excluding carboxylic acids is 1. The maximum Gasteiger partial charge on any atom is 0.250 e. The Morgan fingerprint density at radius 1 is 1.14 bits per heavy atom. The number of likely N-dealkylation sites (N-methyl/N-ethyl adjacent to an activating group) is 1. The predicted octanol–water partition coefficient (Wildman–Crippen LogP) is 4.55. The zero-order chi connectivity index (χ0) is 20.8. The molecule has 5 nitrogen and oxygen atoms in total. The highest BCUT2D eigenvalue weighted by Gasteiger charge is 2.06. The molecule has 3 rings (SSSR count). The van der Waals surface area contributed by atoms with E-state index in [2.05, 4.69) is 25.8 Å². The van der Waals surface area contributed by atoms with Crippen LogP contribution in [0, 0.1) is 5.82 Å². The van der Waals surface area contributed by atoms with E-state index >= 15 is 0 Å². The monoisotopic (exact) mass is 457 g/mol. The molecule has 1 aromatic heterocycles. The number of amides is 1. The highest BCUT2D eigenvalue weighted by Crippen LogP contribution is 2.21. The summed E-state index contributed by atoms with van der Waals surface area (Å²) in [4.78, 5) is 17.3. The lowest BCUT2D eigenvalue weighted by Gasteiger charge is -2.17. The molecule has 0 aliphatic carbocycles. The zero-order valence-electron chi connectivity index (χ0n) is 15.9. The number of nitrogens with two attached hydrogens (primary N) is 1. The van der Waals surface area contributed by atoms with Crippen LogP contribution in [-0.4, -0.2) is 29.4 Å². The number of hydrogen-bond acceptors (Lipinski definition) is 4. The first-order valence-electron chi connectivity index (χ1n) is 9.06. The number of halogens is 2. The molecule has 0 radical (unpaired) electrons. The number of carbonyl (C=O) groups is 1. The van der Waals surface area contributed by atoms with Gasteiger partial charge in [-0.25, -0.2) is 9.37 Å². The van der Waals surface area contributed by atoms with E-state index in [4.69, 9.17) is 10.5 Å². The topological polar surface area (TPSA) is 68.5 Å². The molecule has 0 aliphatic rings. The Bertz CT molecular complexity index is 978. The van der Waals surface area contributed by atoms with Crippen molar-refractivity contribution in [2.24, 2.45) is 5.73 Å². The molecule has 2 aromatic carbocycles. The summed E-state index contributed by atoms with van der Waals surface area (Å²) in [5.41, 5.74) is 7.77. The van der Waals surface area contributed by atoms with E-state index in [-0.39, 0.29) is 5.82 Å². The average molecular weight is 458 g/mol. The molecule has 0 saturated heterocycles. The van der Waals surface area contributed by atoms with Gasteiger partial charge in [0.15, 0.2) is 0 Å². The Kier molecular flexibility index (Phi) is 6.95. The molecular weight excluding hydrogens is 437 g/mol. The van der Waals surface area contributed by atoms with E-state index in [1.54, 1.807) is 18.2 Å². The van der Waals surface area contributed by atoms with Crippen molar-refractivity contribution in [3.8, 4) is 11.6 Å².